The Balaban J connectivity index is 1.66. The Morgan fingerprint density at radius 3 is 2.77 bits per heavy atom. The Morgan fingerprint density at radius 2 is 2.04 bits per heavy atom. The van der Waals surface area contributed by atoms with Crippen LogP contribution in [0.5, 0.6) is 0 Å². The molecule has 0 spiro atoms. The van der Waals surface area contributed by atoms with Crippen molar-refractivity contribution in [3.05, 3.63) is 0 Å². The van der Waals surface area contributed by atoms with E-state index in [1.807, 2.05) is 0 Å². The molecule has 1 fully saturated rings. The number of hydrogen-bond donors (Lipinski definition) is 3. The van der Waals surface area contributed by atoms with Crippen LogP contribution in [0.4, 0.5) is 0 Å². The SMILES string of the molecule is CCCCCCCCOP(=O)(O)CCC1=NC2C(O)CC(CO)OC2S1. The highest BCUT2D eigenvalue weighted by molar-refractivity contribution is 8.14. The Bertz CT molecular complexity index is 506. The molecule has 0 radical (unpaired) electrons. The molecule has 2 heterocycles. The molecular weight excluding hydrogens is 377 g/mol. The molecule has 152 valence electrons. The number of nitrogens with zero attached hydrogens (tertiary/aromatic N) is 1. The van der Waals surface area contributed by atoms with Gasteiger partial charge in [0.05, 0.1) is 36.6 Å². The molecule has 1 saturated heterocycles. The second-order valence-electron chi connectivity index (χ2n) is 6.96. The van der Waals surface area contributed by atoms with Crippen molar-refractivity contribution >= 4 is 24.4 Å². The fourth-order valence-corrected chi connectivity index (χ4v) is 5.58. The zero-order chi connectivity index (χ0) is 19.0. The molecule has 5 atom stereocenters. The fourth-order valence-electron chi connectivity index (χ4n) is 3.12. The molecule has 0 bridgehead atoms. The van der Waals surface area contributed by atoms with E-state index in [9.17, 15) is 19.7 Å². The molecule has 0 saturated carbocycles. The normalized spacial score (nSPS) is 30.7. The molecule has 3 N–H and O–H groups in total. The summed E-state index contributed by atoms with van der Waals surface area (Å²) in [5.74, 6) is 0. The van der Waals surface area contributed by atoms with Crippen molar-refractivity contribution in [2.24, 2.45) is 4.99 Å². The minimum atomic E-state index is -3.62. The fraction of sp³-hybridized carbons (Fsp3) is 0.941. The first-order chi connectivity index (χ1) is 12.4. The van der Waals surface area contributed by atoms with Crippen LogP contribution in [-0.2, 0) is 13.8 Å². The smallest absolute Gasteiger partial charge is 0.328 e. The van der Waals surface area contributed by atoms with Crippen LogP contribution in [0.1, 0.15) is 58.3 Å². The van der Waals surface area contributed by atoms with Crippen LogP contribution in [-0.4, -0.2) is 63.2 Å². The summed E-state index contributed by atoms with van der Waals surface area (Å²) in [5, 5.41) is 20.0. The van der Waals surface area contributed by atoms with Crippen LogP contribution in [0.3, 0.4) is 0 Å². The van der Waals surface area contributed by atoms with Crippen molar-refractivity contribution in [1.29, 1.82) is 0 Å². The topological polar surface area (TPSA) is 109 Å². The van der Waals surface area contributed by atoms with Gasteiger partial charge < -0.3 is 24.4 Å². The van der Waals surface area contributed by atoms with E-state index in [0.717, 1.165) is 19.3 Å². The van der Waals surface area contributed by atoms with Gasteiger partial charge in [0.1, 0.15) is 11.5 Å². The van der Waals surface area contributed by atoms with E-state index in [0.29, 0.717) is 24.5 Å². The largest absolute Gasteiger partial charge is 0.394 e. The summed E-state index contributed by atoms with van der Waals surface area (Å²) in [5.41, 5.74) is -0.326. The summed E-state index contributed by atoms with van der Waals surface area (Å²) in [4.78, 5) is 14.4. The van der Waals surface area contributed by atoms with E-state index in [-0.39, 0.29) is 30.4 Å². The second kappa shape index (κ2) is 11.1. The van der Waals surface area contributed by atoms with Crippen molar-refractivity contribution < 1.29 is 28.9 Å². The van der Waals surface area contributed by atoms with Gasteiger partial charge in [-0.05, 0) is 6.42 Å². The highest BCUT2D eigenvalue weighted by Gasteiger charge is 2.42. The molecule has 0 amide bonds. The maximum atomic E-state index is 12.1. The Hall–Kier alpha value is 0.0500. The summed E-state index contributed by atoms with van der Waals surface area (Å²) in [7, 11) is -3.62. The molecule has 0 aromatic heterocycles. The summed E-state index contributed by atoms with van der Waals surface area (Å²) >= 11 is 1.37. The number of rotatable bonds is 12. The Labute approximate surface area is 160 Å². The van der Waals surface area contributed by atoms with Gasteiger partial charge in [-0.1, -0.05) is 50.8 Å². The Morgan fingerprint density at radius 1 is 1.31 bits per heavy atom. The van der Waals surface area contributed by atoms with E-state index in [1.165, 1.54) is 31.0 Å². The molecular formula is C17H32NO6PS. The van der Waals surface area contributed by atoms with E-state index in [1.54, 1.807) is 0 Å². The molecule has 2 rings (SSSR count). The van der Waals surface area contributed by atoms with Crippen molar-refractivity contribution in [3.8, 4) is 0 Å². The first-order valence-corrected chi connectivity index (χ1v) is 12.2. The average molecular weight is 409 g/mol. The van der Waals surface area contributed by atoms with Gasteiger partial charge in [-0.3, -0.25) is 9.56 Å². The van der Waals surface area contributed by atoms with Crippen LogP contribution >= 0.6 is 19.4 Å². The lowest BCUT2D eigenvalue weighted by Crippen LogP contribution is -2.45. The maximum absolute atomic E-state index is 12.1. The van der Waals surface area contributed by atoms with Crippen molar-refractivity contribution in [3.63, 3.8) is 0 Å². The summed E-state index contributed by atoms with van der Waals surface area (Å²) in [6.45, 7) is 2.35. The van der Waals surface area contributed by atoms with Gasteiger partial charge in [-0.2, -0.15) is 0 Å². The molecule has 2 aliphatic heterocycles. The highest BCUT2D eigenvalue weighted by Crippen LogP contribution is 2.45. The third-order valence-corrected chi connectivity index (χ3v) is 7.23. The summed E-state index contributed by atoms with van der Waals surface area (Å²) in [6, 6.07) is -0.361. The number of aliphatic hydroxyl groups excluding tert-OH is 2. The number of thioether (sulfide) groups is 1. The van der Waals surface area contributed by atoms with Crippen molar-refractivity contribution in [1.82, 2.24) is 0 Å². The van der Waals surface area contributed by atoms with Crippen LogP contribution in [0.25, 0.3) is 0 Å². The van der Waals surface area contributed by atoms with Crippen molar-refractivity contribution in [2.45, 2.75) is 82.0 Å². The van der Waals surface area contributed by atoms with Crippen LogP contribution in [0.2, 0.25) is 0 Å². The Kier molecular flexibility index (Phi) is 9.58. The lowest BCUT2D eigenvalue weighted by molar-refractivity contribution is -0.0875. The number of ether oxygens (including phenoxy) is 1. The molecule has 9 heteroatoms. The number of aliphatic hydroxyl groups is 2. The predicted molar refractivity (Wildman–Crippen MR) is 104 cm³/mol. The van der Waals surface area contributed by atoms with Crippen LogP contribution in [0, 0.1) is 0 Å². The highest BCUT2D eigenvalue weighted by atomic mass is 32.2. The van der Waals surface area contributed by atoms with Crippen LogP contribution in [0.15, 0.2) is 4.99 Å². The van der Waals surface area contributed by atoms with Gasteiger partial charge in [0, 0.05) is 12.8 Å². The molecule has 0 aromatic rings. The van der Waals surface area contributed by atoms with Gasteiger partial charge in [0.15, 0.2) is 0 Å². The molecule has 7 nitrogen and oxygen atoms in total. The average Bonchev–Trinajstić information content (AvgIpc) is 3.03. The quantitative estimate of drug-likeness (QED) is 0.336. The van der Waals surface area contributed by atoms with Gasteiger partial charge >= 0.3 is 7.60 Å². The van der Waals surface area contributed by atoms with Crippen LogP contribution < -0.4 is 0 Å². The van der Waals surface area contributed by atoms with E-state index in [4.69, 9.17) is 9.26 Å². The summed E-state index contributed by atoms with van der Waals surface area (Å²) in [6.07, 6.45) is 6.29. The van der Waals surface area contributed by atoms with Crippen molar-refractivity contribution in [2.75, 3.05) is 19.4 Å². The minimum Gasteiger partial charge on any atom is -0.394 e. The third-order valence-electron chi connectivity index (χ3n) is 4.65. The molecule has 5 unspecified atom stereocenters. The number of unbranched alkanes of at least 4 members (excludes halogenated alkanes) is 5. The third kappa shape index (κ3) is 7.23. The van der Waals surface area contributed by atoms with Gasteiger partial charge in [0.2, 0.25) is 0 Å². The second-order valence-corrected chi connectivity index (χ2v) is 10.1. The monoisotopic (exact) mass is 409 g/mol. The maximum Gasteiger partial charge on any atom is 0.328 e. The van der Waals surface area contributed by atoms with E-state index < -0.39 is 13.7 Å². The van der Waals surface area contributed by atoms with E-state index in [2.05, 4.69) is 11.9 Å². The number of aliphatic imine (C=N–C) groups is 1. The zero-order valence-electron chi connectivity index (χ0n) is 15.5. The lowest BCUT2D eigenvalue weighted by atomic mass is 10.0. The first-order valence-electron chi connectivity index (χ1n) is 9.59. The molecule has 2 aliphatic rings. The molecule has 0 aromatic carbocycles. The lowest BCUT2D eigenvalue weighted by Gasteiger charge is -2.33. The van der Waals surface area contributed by atoms with Gasteiger partial charge in [0.25, 0.3) is 0 Å². The minimum absolute atomic E-state index is 0.0215. The van der Waals surface area contributed by atoms with Gasteiger partial charge in [-0.15, -0.1) is 0 Å². The molecule has 0 aliphatic carbocycles. The number of fused-ring (bicyclic) bond motifs is 1. The van der Waals surface area contributed by atoms with E-state index >= 15 is 0 Å². The van der Waals surface area contributed by atoms with Gasteiger partial charge in [-0.25, -0.2) is 0 Å². The molecule has 26 heavy (non-hydrogen) atoms. The summed E-state index contributed by atoms with van der Waals surface area (Å²) < 4.78 is 23.0. The number of hydrogen-bond acceptors (Lipinski definition) is 7. The standard InChI is InChI=1S/C17H32NO6PS/c1-2-3-4-5-6-7-9-23-25(21,22)10-8-15-18-16-14(20)11-13(12-19)24-17(16)26-15/h13-14,16-17,19-20H,2-12H2,1H3,(H,21,22). The zero-order valence-corrected chi connectivity index (χ0v) is 17.2. The first kappa shape index (κ1) is 22.3. The predicted octanol–water partition coefficient (Wildman–Crippen LogP) is 2.92.